The Balaban J connectivity index is 1.64. The molecule has 2 aromatic carbocycles. The van der Waals surface area contributed by atoms with E-state index in [1.807, 2.05) is 19.0 Å². The van der Waals surface area contributed by atoms with Crippen molar-refractivity contribution < 1.29 is 22.0 Å². The van der Waals surface area contributed by atoms with E-state index in [1.165, 1.54) is 0 Å². The molecule has 34 heavy (non-hydrogen) atoms. The molecule has 11 heteroatoms. The summed E-state index contributed by atoms with van der Waals surface area (Å²) in [6.07, 6.45) is -0.0631. The number of nitrogens with one attached hydrogen (secondary N) is 1. The first-order valence-corrected chi connectivity index (χ1v) is 11.9. The maximum absolute atomic E-state index is 13.7. The van der Waals surface area contributed by atoms with E-state index in [1.54, 1.807) is 32.0 Å². The van der Waals surface area contributed by atoms with Crippen molar-refractivity contribution in [1.29, 1.82) is 0 Å². The second-order valence-electron chi connectivity index (χ2n) is 8.97. The highest BCUT2D eigenvalue weighted by Gasteiger charge is 2.48. The highest BCUT2D eigenvalue weighted by Crippen LogP contribution is 2.42. The van der Waals surface area contributed by atoms with Crippen molar-refractivity contribution in [3.63, 3.8) is 0 Å². The standard InChI is InChI=1S/C23H25F2N5O3S/c1-23(2)22-18(12-30(23)34(32,33)16-8-13(24)7-14(25)9-16)20(27-28-22)11-21(31)17-6-5-15(29(3)4)10-19(17)26/h5-10H,11-12,26H2,1-4H3,(H,27,28). The summed E-state index contributed by atoms with van der Waals surface area (Å²) >= 11 is 0. The SMILES string of the molecule is CN(C)c1ccc(C(=O)Cc2[nH]nc3c2CN(S(=O)(=O)c2cc(F)cc(F)c2)C3(C)C)c(N)c1. The first kappa shape index (κ1) is 23.8. The summed E-state index contributed by atoms with van der Waals surface area (Å²) in [5.41, 5.74) is 8.00. The summed E-state index contributed by atoms with van der Waals surface area (Å²) < 4.78 is 55.1. The minimum atomic E-state index is -4.26. The molecule has 1 aromatic heterocycles. The number of hydrogen-bond acceptors (Lipinski definition) is 6. The van der Waals surface area contributed by atoms with Crippen LogP contribution in [0.3, 0.4) is 0 Å². The Morgan fingerprint density at radius 1 is 1.18 bits per heavy atom. The molecule has 8 nitrogen and oxygen atoms in total. The molecule has 180 valence electrons. The molecule has 2 heterocycles. The van der Waals surface area contributed by atoms with Gasteiger partial charge < -0.3 is 10.6 Å². The van der Waals surface area contributed by atoms with Gasteiger partial charge in [0.15, 0.2) is 5.78 Å². The van der Waals surface area contributed by atoms with Crippen LogP contribution in [-0.2, 0) is 28.5 Å². The minimum absolute atomic E-state index is 0.0631. The van der Waals surface area contributed by atoms with Gasteiger partial charge in [0.25, 0.3) is 0 Å². The number of halogens is 2. The molecule has 0 atom stereocenters. The zero-order valence-corrected chi connectivity index (χ0v) is 20.0. The highest BCUT2D eigenvalue weighted by atomic mass is 32.2. The number of carbonyl (C=O) groups excluding carboxylic acids is 1. The lowest BCUT2D eigenvalue weighted by atomic mass is 9.98. The van der Waals surface area contributed by atoms with Crippen LogP contribution in [0.2, 0.25) is 0 Å². The van der Waals surface area contributed by atoms with Crippen molar-refractivity contribution in [2.75, 3.05) is 24.7 Å². The van der Waals surface area contributed by atoms with Crippen LogP contribution in [0.4, 0.5) is 20.2 Å². The minimum Gasteiger partial charge on any atom is -0.398 e. The van der Waals surface area contributed by atoms with Crippen LogP contribution >= 0.6 is 0 Å². The summed E-state index contributed by atoms with van der Waals surface area (Å²) in [4.78, 5) is 14.4. The molecule has 3 aromatic rings. The van der Waals surface area contributed by atoms with Crippen LogP contribution < -0.4 is 10.6 Å². The number of nitrogens with two attached hydrogens (primary N) is 1. The first-order valence-electron chi connectivity index (χ1n) is 10.5. The quantitative estimate of drug-likeness (QED) is 0.406. The molecule has 0 radical (unpaired) electrons. The number of hydrogen-bond donors (Lipinski definition) is 2. The van der Waals surface area contributed by atoms with Gasteiger partial charge in [-0.1, -0.05) is 0 Å². The monoisotopic (exact) mass is 489 g/mol. The van der Waals surface area contributed by atoms with Crippen molar-refractivity contribution in [3.05, 3.63) is 70.5 Å². The number of ketones is 1. The number of nitrogens with zero attached hydrogens (tertiary/aromatic N) is 3. The summed E-state index contributed by atoms with van der Waals surface area (Å²) in [6.45, 7) is 3.20. The van der Waals surface area contributed by atoms with Gasteiger partial charge in [-0.25, -0.2) is 17.2 Å². The van der Waals surface area contributed by atoms with Gasteiger partial charge in [-0.15, -0.1) is 0 Å². The molecule has 0 spiro atoms. The number of aromatic nitrogens is 2. The smallest absolute Gasteiger partial charge is 0.244 e. The topological polar surface area (TPSA) is 112 Å². The van der Waals surface area contributed by atoms with Crippen molar-refractivity contribution in [2.45, 2.75) is 37.2 Å². The summed E-state index contributed by atoms with van der Waals surface area (Å²) in [5, 5.41) is 7.13. The molecule has 0 saturated heterocycles. The van der Waals surface area contributed by atoms with Gasteiger partial charge in [-0.2, -0.15) is 9.40 Å². The van der Waals surface area contributed by atoms with Crippen molar-refractivity contribution in [3.8, 4) is 0 Å². The third-order valence-corrected chi connectivity index (χ3v) is 8.07. The molecule has 0 unspecified atom stereocenters. The van der Waals surface area contributed by atoms with E-state index in [9.17, 15) is 22.0 Å². The number of nitrogen functional groups attached to an aromatic ring is 1. The number of carbonyl (C=O) groups is 1. The second-order valence-corrected chi connectivity index (χ2v) is 10.8. The lowest BCUT2D eigenvalue weighted by molar-refractivity contribution is 0.0992. The highest BCUT2D eigenvalue weighted by molar-refractivity contribution is 7.89. The zero-order chi connectivity index (χ0) is 25.0. The summed E-state index contributed by atoms with van der Waals surface area (Å²) in [6, 6.07) is 7.32. The number of fused-ring (bicyclic) bond motifs is 1. The molecule has 0 aliphatic carbocycles. The maximum Gasteiger partial charge on any atom is 0.244 e. The predicted molar refractivity (Wildman–Crippen MR) is 124 cm³/mol. The molecule has 0 saturated carbocycles. The van der Waals surface area contributed by atoms with E-state index in [4.69, 9.17) is 5.73 Å². The average Bonchev–Trinajstić information content (AvgIpc) is 3.25. The van der Waals surface area contributed by atoms with Gasteiger partial charge in [0.05, 0.1) is 22.5 Å². The van der Waals surface area contributed by atoms with E-state index in [0.29, 0.717) is 34.3 Å². The van der Waals surface area contributed by atoms with E-state index in [-0.39, 0.29) is 18.7 Å². The largest absolute Gasteiger partial charge is 0.398 e. The fourth-order valence-corrected chi connectivity index (χ4v) is 5.98. The molecule has 3 N–H and O–H groups in total. The lowest BCUT2D eigenvalue weighted by Crippen LogP contribution is -2.40. The van der Waals surface area contributed by atoms with E-state index in [0.717, 1.165) is 22.1 Å². The molecule has 4 rings (SSSR count). The van der Waals surface area contributed by atoms with Gasteiger partial charge in [0.1, 0.15) is 11.6 Å². The van der Waals surface area contributed by atoms with Crippen molar-refractivity contribution >= 4 is 27.2 Å². The Hall–Kier alpha value is -3.31. The number of sulfonamides is 1. The van der Waals surface area contributed by atoms with Gasteiger partial charge in [0, 0.05) is 54.9 Å². The van der Waals surface area contributed by atoms with E-state index in [2.05, 4.69) is 10.2 Å². The molecule has 0 bridgehead atoms. The number of rotatable bonds is 6. The Morgan fingerprint density at radius 2 is 1.82 bits per heavy atom. The third kappa shape index (κ3) is 3.94. The van der Waals surface area contributed by atoms with Crippen LogP contribution in [0.25, 0.3) is 0 Å². The number of Topliss-reactive ketones (excluding diaryl/α,β-unsaturated/α-hetero) is 1. The third-order valence-electron chi connectivity index (χ3n) is 6.07. The Morgan fingerprint density at radius 3 is 2.41 bits per heavy atom. The Bertz CT molecular complexity index is 1380. The van der Waals surface area contributed by atoms with Crippen LogP contribution in [0, 0.1) is 11.6 Å². The van der Waals surface area contributed by atoms with E-state index < -0.39 is 32.1 Å². The Kier molecular flexibility index (Phi) is 5.73. The number of H-pyrrole nitrogens is 1. The van der Waals surface area contributed by atoms with E-state index >= 15 is 0 Å². The molecule has 0 fully saturated rings. The lowest BCUT2D eigenvalue weighted by Gasteiger charge is -2.30. The maximum atomic E-state index is 13.7. The average molecular weight is 490 g/mol. The Labute approximate surface area is 196 Å². The van der Waals surface area contributed by atoms with Crippen LogP contribution in [-0.4, -0.2) is 42.8 Å². The van der Waals surface area contributed by atoms with Gasteiger partial charge in [-0.3, -0.25) is 9.89 Å². The van der Waals surface area contributed by atoms with Crippen LogP contribution in [0.5, 0.6) is 0 Å². The first-order chi connectivity index (χ1) is 15.8. The summed E-state index contributed by atoms with van der Waals surface area (Å²) in [5.74, 6) is -2.23. The van der Waals surface area contributed by atoms with Crippen LogP contribution in [0.15, 0.2) is 41.3 Å². The second kappa shape index (κ2) is 8.17. The molecule has 0 amide bonds. The fourth-order valence-electron chi connectivity index (χ4n) is 4.21. The van der Waals surface area contributed by atoms with Crippen molar-refractivity contribution in [2.24, 2.45) is 0 Å². The number of aromatic amines is 1. The van der Waals surface area contributed by atoms with Gasteiger partial charge in [-0.05, 0) is 44.2 Å². The number of benzene rings is 2. The zero-order valence-electron chi connectivity index (χ0n) is 19.2. The normalized spacial score (nSPS) is 15.4. The van der Waals surface area contributed by atoms with Gasteiger partial charge in [0.2, 0.25) is 10.0 Å². The summed E-state index contributed by atoms with van der Waals surface area (Å²) in [7, 11) is -0.526. The predicted octanol–water partition coefficient (Wildman–Crippen LogP) is 3.20. The molecule has 1 aliphatic rings. The fraction of sp³-hybridized carbons (Fsp3) is 0.304. The number of anilines is 2. The van der Waals surface area contributed by atoms with Gasteiger partial charge >= 0.3 is 0 Å². The van der Waals surface area contributed by atoms with Crippen LogP contribution in [0.1, 0.15) is 41.2 Å². The van der Waals surface area contributed by atoms with Crippen molar-refractivity contribution in [1.82, 2.24) is 14.5 Å². The molecular weight excluding hydrogens is 464 g/mol. The molecular formula is C23H25F2N5O3S. The molecule has 1 aliphatic heterocycles.